The summed E-state index contributed by atoms with van der Waals surface area (Å²) in [6, 6.07) is 11.1. The lowest BCUT2D eigenvalue weighted by Crippen LogP contribution is -2.54. The van der Waals surface area contributed by atoms with Crippen LogP contribution in [-0.4, -0.2) is 46.8 Å². The van der Waals surface area contributed by atoms with E-state index in [1.54, 1.807) is 0 Å². The largest absolute Gasteiger partial charge is 0.480 e. The van der Waals surface area contributed by atoms with Gasteiger partial charge in [0, 0.05) is 37.8 Å². The van der Waals surface area contributed by atoms with Gasteiger partial charge >= 0.3 is 5.97 Å². The molecule has 1 aromatic carbocycles. The van der Waals surface area contributed by atoms with Crippen LogP contribution in [0.2, 0.25) is 0 Å². The maximum absolute atomic E-state index is 11.3. The predicted octanol–water partition coefficient (Wildman–Crippen LogP) is 1.20. The second-order valence-electron chi connectivity index (χ2n) is 5.08. The van der Waals surface area contributed by atoms with Gasteiger partial charge < -0.3 is 14.9 Å². The van der Waals surface area contributed by atoms with Crippen LogP contribution in [0.25, 0.3) is 11.3 Å². The molecular weight excluding hydrogens is 270 g/mol. The second kappa shape index (κ2) is 6.07. The monoisotopic (exact) mass is 287 g/mol. The smallest absolute Gasteiger partial charge is 0.322 e. The van der Waals surface area contributed by atoms with Crippen LogP contribution in [0.3, 0.4) is 0 Å². The van der Waals surface area contributed by atoms with E-state index in [0.29, 0.717) is 25.4 Å². The third-order valence-electron chi connectivity index (χ3n) is 3.62. The Hall–Kier alpha value is -2.18. The van der Waals surface area contributed by atoms with Crippen molar-refractivity contribution in [2.45, 2.75) is 12.6 Å². The van der Waals surface area contributed by atoms with Gasteiger partial charge in [0.25, 0.3) is 0 Å². The molecule has 1 unspecified atom stereocenters. The highest BCUT2D eigenvalue weighted by molar-refractivity contribution is 5.74. The fraction of sp³-hybridized carbons (Fsp3) is 0.333. The van der Waals surface area contributed by atoms with E-state index in [-0.39, 0.29) is 0 Å². The van der Waals surface area contributed by atoms with Crippen molar-refractivity contribution in [2.75, 3.05) is 19.6 Å². The fourth-order valence-electron chi connectivity index (χ4n) is 2.51. The van der Waals surface area contributed by atoms with Crippen molar-refractivity contribution in [3.05, 3.63) is 42.1 Å². The molecule has 0 radical (unpaired) electrons. The van der Waals surface area contributed by atoms with Crippen molar-refractivity contribution < 1.29 is 14.4 Å². The van der Waals surface area contributed by atoms with E-state index in [9.17, 15) is 9.90 Å². The Morgan fingerprint density at radius 2 is 2.24 bits per heavy atom. The normalized spacial score (nSPS) is 19.5. The van der Waals surface area contributed by atoms with Crippen molar-refractivity contribution in [2.24, 2.45) is 0 Å². The zero-order valence-corrected chi connectivity index (χ0v) is 11.5. The third-order valence-corrected chi connectivity index (χ3v) is 3.62. The lowest BCUT2D eigenvalue weighted by atomic mass is 10.1. The maximum atomic E-state index is 11.3. The summed E-state index contributed by atoms with van der Waals surface area (Å²) in [5.74, 6) is -0.110. The summed E-state index contributed by atoms with van der Waals surface area (Å²) in [5.41, 5.74) is 1.72. The molecule has 1 aliphatic heterocycles. The van der Waals surface area contributed by atoms with Crippen LogP contribution in [0.15, 0.2) is 40.9 Å². The summed E-state index contributed by atoms with van der Waals surface area (Å²) >= 11 is 0. The number of aliphatic carboxylic acids is 1. The molecule has 3 rings (SSSR count). The molecule has 1 saturated heterocycles. The van der Waals surface area contributed by atoms with Crippen LogP contribution in [0.5, 0.6) is 0 Å². The molecule has 6 nitrogen and oxygen atoms in total. The summed E-state index contributed by atoms with van der Waals surface area (Å²) in [5, 5.41) is 16.4. The minimum Gasteiger partial charge on any atom is -0.480 e. The fourth-order valence-corrected chi connectivity index (χ4v) is 2.51. The van der Waals surface area contributed by atoms with Crippen molar-refractivity contribution in [1.82, 2.24) is 15.4 Å². The van der Waals surface area contributed by atoms with Gasteiger partial charge in [-0.15, -0.1) is 0 Å². The summed E-state index contributed by atoms with van der Waals surface area (Å²) in [6.07, 6.45) is 0. The lowest BCUT2D eigenvalue weighted by Gasteiger charge is -2.32. The summed E-state index contributed by atoms with van der Waals surface area (Å²) < 4.78 is 5.35. The molecule has 2 aromatic rings. The number of carboxylic acids is 1. The molecule has 110 valence electrons. The molecule has 0 saturated carbocycles. The molecule has 1 aromatic heterocycles. The molecule has 1 aliphatic rings. The average molecular weight is 287 g/mol. The first-order valence-corrected chi connectivity index (χ1v) is 6.92. The minimum atomic E-state index is -0.811. The minimum absolute atomic E-state index is 0.457. The van der Waals surface area contributed by atoms with Crippen molar-refractivity contribution in [3.63, 3.8) is 0 Å². The number of benzene rings is 1. The van der Waals surface area contributed by atoms with E-state index in [2.05, 4.69) is 10.5 Å². The van der Waals surface area contributed by atoms with Gasteiger partial charge in [0.15, 0.2) is 5.76 Å². The van der Waals surface area contributed by atoms with Gasteiger partial charge in [0.2, 0.25) is 0 Å². The Morgan fingerprint density at radius 1 is 1.43 bits per heavy atom. The summed E-state index contributed by atoms with van der Waals surface area (Å²) in [6.45, 7) is 2.41. The summed E-state index contributed by atoms with van der Waals surface area (Å²) in [7, 11) is 0. The summed E-state index contributed by atoms with van der Waals surface area (Å²) in [4.78, 5) is 13.2. The quantitative estimate of drug-likeness (QED) is 0.879. The van der Waals surface area contributed by atoms with Crippen LogP contribution in [0, 0.1) is 0 Å². The first-order chi connectivity index (χ1) is 10.2. The predicted molar refractivity (Wildman–Crippen MR) is 76.6 cm³/mol. The number of carbonyl (C=O) groups is 1. The Labute approximate surface area is 122 Å². The first kappa shape index (κ1) is 13.8. The Balaban J connectivity index is 1.73. The molecule has 0 spiro atoms. The van der Waals surface area contributed by atoms with Gasteiger partial charge in [0.05, 0.1) is 5.69 Å². The Kier molecular flexibility index (Phi) is 3.98. The molecule has 2 heterocycles. The van der Waals surface area contributed by atoms with Crippen molar-refractivity contribution in [3.8, 4) is 11.3 Å². The van der Waals surface area contributed by atoms with Crippen LogP contribution in [-0.2, 0) is 11.3 Å². The number of nitrogens with zero attached hydrogens (tertiary/aromatic N) is 2. The number of hydrogen-bond donors (Lipinski definition) is 2. The molecule has 1 atom stereocenters. The zero-order chi connectivity index (χ0) is 14.7. The van der Waals surface area contributed by atoms with E-state index < -0.39 is 12.0 Å². The Morgan fingerprint density at radius 3 is 3.00 bits per heavy atom. The number of carboxylic acid groups (broad SMARTS) is 1. The number of rotatable bonds is 4. The molecule has 2 N–H and O–H groups in total. The van der Waals surface area contributed by atoms with E-state index in [1.165, 1.54) is 0 Å². The van der Waals surface area contributed by atoms with Gasteiger partial charge in [-0.3, -0.25) is 9.69 Å². The first-order valence-electron chi connectivity index (χ1n) is 6.92. The highest BCUT2D eigenvalue weighted by Crippen LogP contribution is 2.21. The standard InChI is InChI=1S/C15H17N3O3/c19-15(20)13-9-16-6-7-18(13)10-12-8-14(21-17-12)11-4-2-1-3-5-11/h1-5,8,13,16H,6-7,9-10H2,(H,19,20). The number of hydrogen-bond acceptors (Lipinski definition) is 5. The molecule has 1 fully saturated rings. The number of piperazine rings is 1. The highest BCUT2D eigenvalue weighted by Gasteiger charge is 2.28. The van der Waals surface area contributed by atoms with Crippen LogP contribution in [0.1, 0.15) is 5.69 Å². The van der Waals surface area contributed by atoms with Gasteiger partial charge in [-0.1, -0.05) is 35.5 Å². The van der Waals surface area contributed by atoms with Gasteiger partial charge in [-0.05, 0) is 0 Å². The molecule has 0 aliphatic carbocycles. The van der Waals surface area contributed by atoms with Gasteiger partial charge in [-0.25, -0.2) is 0 Å². The lowest BCUT2D eigenvalue weighted by molar-refractivity contribution is -0.144. The number of nitrogens with one attached hydrogen (secondary N) is 1. The average Bonchev–Trinajstić information content (AvgIpc) is 2.97. The molecule has 0 bridgehead atoms. The van der Waals surface area contributed by atoms with E-state index in [0.717, 1.165) is 17.8 Å². The molecule has 0 amide bonds. The SMILES string of the molecule is O=C(O)C1CNCCN1Cc1cc(-c2ccccc2)on1. The van der Waals surface area contributed by atoms with Gasteiger partial charge in [0.1, 0.15) is 6.04 Å². The topological polar surface area (TPSA) is 78.6 Å². The van der Waals surface area contributed by atoms with Crippen molar-refractivity contribution in [1.29, 1.82) is 0 Å². The van der Waals surface area contributed by atoms with Gasteiger partial charge in [-0.2, -0.15) is 0 Å². The van der Waals surface area contributed by atoms with E-state index in [4.69, 9.17) is 4.52 Å². The zero-order valence-electron chi connectivity index (χ0n) is 11.5. The van der Waals surface area contributed by atoms with E-state index in [1.807, 2.05) is 41.3 Å². The number of aromatic nitrogens is 1. The molecule has 21 heavy (non-hydrogen) atoms. The maximum Gasteiger partial charge on any atom is 0.322 e. The third kappa shape index (κ3) is 3.12. The molecule has 6 heteroatoms. The van der Waals surface area contributed by atoms with Crippen LogP contribution < -0.4 is 5.32 Å². The Bertz CT molecular complexity index is 612. The molecular formula is C15H17N3O3. The highest BCUT2D eigenvalue weighted by atomic mass is 16.5. The second-order valence-corrected chi connectivity index (χ2v) is 5.08. The van der Waals surface area contributed by atoms with Crippen LogP contribution >= 0.6 is 0 Å². The van der Waals surface area contributed by atoms with Crippen molar-refractivity contribution >= 4 is 5.97 Å². The van der Waals surface area contributed by atoms with Crippen LogP contribution in [0.4, 0.5) is 0 Å². The van der Waals surface area contributed by atoms with E-state index >= 15 is 0 Å².